The summed E-state index contributed by atoms with van der Waals surface area (Å²) >= 11 is 0. The normalized spacial score (nSPS) is 11.7. The summed E-state index contributed by atoms with van der Waals surface area (Å²) in [6.07, 6.45) is -3.83. The molecular weight excluding hydrogens is 342 g/mol. The van der Waals surface area contributed by atoms with E-state index in [2.05, 4.69) is 4.98 Å². The molecule has 0 saturated heterocycles. The molecule has 1 heterocycles. The van der Waals surface area contributed by atoms with Gasteiger partial charge < -0.3 is 5.73 Å². The van der Waals surface area contributed by atoms with Crippen molar-refractivity contribution >= 4 is 22.3 Å². The predicted octanol–water partition coefficient (Wildman–Crippen LogP) is 4.55. The van der Waals surface area contributed by atoms with E-state index >= 15 is 0 Å². The molecule has 2 aromatic carbocycles. The van der Waals surface area contributed by atoms with Crippen molar-refractivity contribution < 1.29 is 22.5 Å². The lowest BCUT2D eigenvalue weighted by Gasteiger charge is -2.11. The summed E-state index contributed by atoms with van der Waals surface area (Å²) < 4.78 is 52.0. The number of alkyl halides is 3. The van der Waals surface area contributed by atoms with Crippen molar-refractivity contribution in [3.05, 3.63) is 64.1 Å². The lowest BCUT2D eigenvalue weighted by molar-refractivity contribution is -0.384. The summed E-state index contributed by atoms with van der Waals surface area (Å²) in [6, 6.07) is 6.93. The van der Waals surface area contributed by atoms with Crippen LogP contribution >= 0.6 is 0 Å². The second kappa shape index (κ2) is 5.69. The summed E-state index contributed by atoms with van der Waals surface area (Å²) in [7, 11) is 0. The minimum Gasteiger partial charge on any atom is -0.393 e. The Morgan fingerprint density at radius 2 is 1.72 bits per heavy atom. The number of aromatic nitrogens is 1. The van der Waals surface area contributed by atoms with Gasteiger partial charge in [-0.3, -0.25) is 10.1 Å². The number of benzene rings is 2. The number of nitrogens with zero attached hydrogens (tertiary/aromatic N) is 2. The standard InChI is InChI=1S/C16H9F4N3O2/c17-12-3-1-9(6-11(12)16(18,19)20)8-2-4-13-10(5-8)15(21)14(7-22-13)23(24)25/h1-7H,(H2,21,22). The van der Waals surface area contributed by atoms with Crippen LogP contribution in [-0.2, 0) is 6.18 Å². The van der Waals surface area contributed by atoms with Crippen molar-refractivity contribution in [3.8, 4) is 11.1 Å². The zero-order chi connectivity index (χ0) is 18.4. The van der Waals surface area contributed by atoms with Gasteiger partial charge in [-0.25, -0.2) is 9.37 Å². The van der Waals surface area contributed by atoms with Gasteiger partial charge in [0.1, 0.15) is 17.7 Å². The topological polar surface area (TPSA) is 82.0 Å². The van der Waals surface area contributed by atoms with Gasteiger partial charge in [0.05, 0.1) is 16.0 Å². The zero-order valence-electron chi connectivity index (χ0n) is 12.3. The van der Waals surface area contributed by atoms with E-state index in [1.165, 1.54) is 24.3 Å². The summed E-state index contributed by atoms with van der Waals surface area (Å²) in [5.74, 6) is -1.38. The van der Waals surface area contributed by atoms with Crippen LogP contribution in [0.1, 0.15) is 5.56 Å². The molecule has 0 aliphatic carbocycles. The van der Waals surface area contributed by atoms with E-state index < -0.39 is 28.2 Å². The monoisotopic (exact) mass is 351 g/mol. The quantitative estimate of drug-likeness (QED) is 0.417. The number of nitrogen functional groups attached to an aromatic ring is 1. The lowest BCUT2D eigenvalue weighted by Crippen LogP contribution is -2.08. The molecule has 3 rings (SSSR count). The highest BCUT2D eigenvalue weighted by molar-refractivity contribution is 5.97. The molecule has 0 aliphatic rings. The predicted molar refractivity (Wildman–Crippen MR) is 83.2 cm³/mol. The Balaban J connectivity index is 2.20. The maximum absolute atomic E-state index is 13.4. The summed E-state index contributed by atoms with van der Waals surface area (Å²) in [5, 5.41) is 11.2. The van der Waals surface area contributed by atoms with E-state index in [1.54, 1.807) is 0 Å². The molecular formula is C16H9F4N3O2. The highest BCUT2D eigenvalue weighted by Crippen LogP contribution is 2.36. The molecule has 128 valence electrons. The second-order valence-corrected chi connectivity index (χ2v) is 5.24. The van der Waals surface area contributed by atoms with Gasteiger partial charge in [0.25, 0.3) is 0 Å². The van der Waals surface area contributed by atoms with Crippen LogP contribution in [0, 0.1) is 15.9 Å². The van der Waals surface area contributed by atoms with Crippen LogP contribution in [0.3, 0.4) is 0 Å². The molecule has 0 radical (unpaired) electrons. The Kier molecular flexibility index (Phi) is 3.78. The Hall–Kier alpha value is -3.23. The molecule has 0 saturated carbocycles. The Labute approximate surface area is 137 Å². The largest absolute Gasteiger partial charge is 0.419 e. The fraction of sp³-hybridized carbons (Fsp3) is 0.0625. The highest BCUT2D eigenvalue weighted by atomic mass is 19.4. The minimum absolute atomic E-state index is 0.0986. The average molecular weight is 351 g/mol. The van der Waals surface area contributed by atoms with Crippen LogP contribution in [0.4, 0.5) is 28.9 Å². The van der Waals surface area contributed by atoms with Gasteiger partial charge in [0.15, 0.2) is 0 Å². The van der Waals surface area contributed by atoms with Gasteiger partial charge in [-0.05, 0) is 35.4 Å². The maximum Gasteiger partial charge on any atom is 0.419 e. The number of hydrogen-bond acceptors (Lipinski definition) is 4. The van der Waals surface area contributed by atoms with Crippen molar-refractivity contribution in [3.63, 3.8) is 0 Å². The van der Waals surface area contributed by atoms with Crippen LogP contribution in [0.2, 0.25) is 0 Å². The van der Waals surface area contributed by atoms with Crippen LogP contribution in [-0.4, -0.2) is 9.91 Å². The zero-order valence-corrected chi connectivity index (χ0v) is 12.3. The molecule has 0 atom stereocenters. The first kappa shape index (κ1) is 16.6. The van der Waals surface area contributed by atoms with Gasteiger partial charge in [0.2, 0.25) is 0 Å². The molecule has 1 aromatic heterocycles. The van der Waals surface area contributed by atoms with Gasteiger partial charge in [-0.15, -0.1) is 0 Å². The summed E-state index contributed by atoms with van der Waals surface area (Å²) in [6.45, 7) is 0. The Morgan fingerprint density at radius 3 is 2.36 bits per heavy atom. The number of nitro groups is 1. The number of nitrogens with two attached hydrogens (primary N) is 1. The van der Waals surface area contributed by atoms with E-state index in [0.717, 1.165) is 12.3 Å². The smallest absolute Gasteiger partial charge is 0.393 e. The third kappa shape index (κ3) is 2.95. The highest BCUT2D eigenvalue weighted by Gasteiger charge is 2.34. The van der Waals surface area contributed by atoms with Gasteiger partial charge in [-0.2, -0.15) is 13.2 Å². The van der Waals surface area contributed by atoms with Crippen molar-refractivity contribution in [2.75, 3.05) is 5.73 Å². The van der Waals surface area contributed by atoms with Crippen molar-refractivity contribution in [2.45, 2.75) is 6.18 Å². The molecule has 0 unspecified atom stereocenters. The Bertz CT molecular complexity index is 1000. The third-order valence-electron chi connectivity index (χ3n) is 3.69. The molecule has 0 aliphatic heterocycles. The molecule has 0 bridgehead atoms. The van der Waals surface area contributed by atoms with Crippen LogP contribution in [0.5, 0.6) is 0 Å². The molecule has 0 amide bonds. The number of halogens is 4. The van der Waals surface area contributed by atoms with E-state index in [9.17, 15) is 27.7 Å². The number of hydrogen-bond donors (Lipinski definition) is 1. The van der Waals surface area contributed by atoms with Gasteiger partial charge in [-0.1, -0.05) is 12.1 Å². The average Bonchev–Trinajstić information content (AvgIpc) is 2.54. The minimum atomic E-state index is -4.84. The first-order valence-electron chi connectivity index (χ1n) is 6.88. The fourth-order valence-electron chi connectivity index (χ4n) is 2.45. The van der Waals surface area contributed by atoms with Crippen molar-refractivity contribution in [1.82, 2.24) is 4.98 Å². The van der Waals surface area contributed by atoms with Crippen LogP contribution in [0.15, 0.2) is 42.6 Å². The van der Waals surface area contributed by atoms with Crippen molar-refractivity contribution in [1.29, 1.82) is 0 Å². The van der Waals surface area contributed by atoms with E-state index in [1.807, 2.05) is 0 Å². The molecule has 9 heteroatoms. The molecule has 0 fully saturated rings. The first-order chi connectivity index (χ1) is 11.7. The first-order valence-corrected chi connectivity index (χ1v) is 6.88. The number of fused-ring (bicyclic) bond motifs is 1. The Morgan fingerprint density at radius 1 is 1.08 bits per heavy atom. The van der Waals surface area contributed by atoms with Crippen LogP contribution in [0.25, 0.3) is 22.0 Å². The number of anilines is 1. The van der Waals surface area contributed by atoms with E-state index in [0.29, 0.717) is 17.1 Å². The lowest BCUT2D eigenvalue weighted by atomic mass is 10.00. The SMILES string of the molecule is Nc1c([N+](=O)[O-])cnc2ccc(-c3ccc(F)c(C(F)(F)F)c3)cc12. The van der Waals surface area contributed by atoms with Gasteiger partial charge >= 0.3 is 11.9 Å². The summed E-state index contributed by atoms with van der Waals surface area (Å²) in [5.41, 5.74) is 4.58. The fourth-order valence-corrected chi connectivity index (χ4v) is 2.45. The molecule has 5 nitrogen and oxygen atoms in total. The van der Waals surface area contributed by atoms with Crippen molar-refractivity contribution in [2.24, 2.45) is 0 Å². The maximum atomic E-state index is 13.4. The molecule has 3 aromatic rings. The molecule has 25 heavy (non-hydrogen) atoms. The molecule has 2 N–H and O–H groups in total. The van der Waals surface area contributed by atoms with E-state index in [4.69, 9.17) is 5.73 Å². The third-order valence-corrected chi connectivity index (χ3v) is 3.69. The van der Waals surface area contributed by atoms with Crippen LogP contribution < -0.4 is 5.73 Å². The summed E-state index contributed by atoms with van der Waals surface area (Å²) in [4.78, 5) is 14.1. The van der Waals surface area contributed by atoms with E-state index in [-0.39, 0.29) is 16.6 Å². The number of rotatable bonds is 2. The number of pyridine rings is 1. The van der Waals surface area contributed by atoms with Gasteiger partial charge in [0, 0.05) is 5.39 Å². The molecule has 0 spiro atoms. The second-order valence-electron chi connectivity index (χ2n) is 5.24.